The number of nitriles is 1. The number of ether oxygens (including phenoxy) is 1. The number of nitrogens with zero attached hydrogens (tertiary/aromatic N) is 1. The molecule has 0 aliphatic rings. The quantitative estimate of drug-likeness (QED) is 0.663. The maximum absolute atomic E-state index is 12.8. The molecular formula is C24H22N2O2. The number of carbonyl (C=O) groups is 1. The van der Waals surface area contributed by atoms with Gasteiger partial charge in [0.15, 0.2) is 0 Å². The van der Waals surface area contributed by atoms with Crippen LogP contribution in [-0.4, -0.2) is 12.5 Å². The molecule has 0 aliphatic carbocycles. The number of nitrogens with one attached hydrogen (secondary N) is 1. The zero-order valence-corrected chi connectivity index (χ0v) is 15.8. The first kappa shape index (κ1) is 19.3. The maximum Gasteiger partial charge on any atom is 0.253 e. The van der Waals surface area contributed by atoms with Crippen molar-refractivity contribution >= 4 is 5.91 Å². The van der Waals surface area contributed by atoms with Crippen LogP contribution in [-0.2, 0) is 11.3 Å². The van der Waals surface area contributed by atoms with Gasteiger partial charge in [0.25, 0.3) is 5.91 Å². The van der Waals surface area contributed by atoms with E-state index in [-0.39, 0.29) is 11.9 Å². The van der Waals surface area contributed by atoms with Gasteiger partial charge < -0.3 is 10.1 Å². The van der Waals surface area contributed by atoms with Crippen LogP contribution < -0.4 is 5.32 Å². The highest BCUT2D eigenvalue weighted by molar-refractivity contribution is 5.96. The highest BCUT2D eigenvalue weighted by Crippen LogP contribution is 2.16. The van der Waals surface area contributed by atoms with Gasteiger partial charge in [0, 0.05) is 0 Å². The molecule has 0 heterocycles. The Kier molecular flexibility index (Phi) is 6.56. The molecule has 4 nitrogen and oxygen atoms in total. The molecule has 1 unspecified atom stereocenters. The third kappa shape index (κ3) is 5.06. The van der Waals surface area contributed by atoms with Crippen molar-refractivity contribution in [2.75, 3.05) is 6.61 Å². The van der Waals surface area contributed by atoms with E-state index in [0.29, 0.717) is 24.3 Å². The Morgan fingerprint density at radius 1 is 1.00 bits per heavy atom. The van der Waals surface area contributed by atoms with Crippen LogP contribution in [0.15, 0.2) is 78.9 Å². The normalized spacial score (nSPS) is 11.4. The Morgan fingerprint density at radius 2 is 1.68 bits per heavy atom. The second-order valence-corrected chi connectivity index (χ2v) is 6.59. The number of carbonyl (C=O) groups excluding carboxylic acids is 1. The summed E-state index contributed by atoms with van der Waals surface area (Å²) in [6.45, 7) is 2.84. The Labute approximate surface area is 165 Å². The molecule has 1 N–H and O–H groups in total. The summed E-state index contributed by atoms with van der Waals surface area (Å²) in [6.07, 6.45) is 0. The molecule has 0 fully saturated rings. The fraction of sp³-hybridized carbons (Fsp3) is 0.167. The number of hydrogen-bond acceptors (Lipinski definition) is 3. The van der Waals surface area contributed by atoms with E-state index in [4.69, 9.17) is 4.74 Å². The molecule has 140 valence electrons. The molecule has 4 heteroatoms. The summed E-state index contributed by atoms with van der Waals surface area (Å²) in [4.78, 5) is 12.8. The lowest BCUT2D eigenvalue weighted by atomic mass is 10.0. The van der Waals surface area contributed by atoms with Crippen LogP contribution >= 0.6 is 0 Å². The van der Waals surface area contributed by atoms with E-state index in [2.05, 4.69) is 11.4 Å². The van der Waals surface area contributed by atoms with Crippen LogP contribution in [0, 0.1) is 18.3 Å². The van der Waals surface area contributed by atoms with Crippen molar-refractivity contribution in [2.24, 2.45) is 0 Å². The summed E-state index contributed by atoms with van der Waals surface area (Å²) in [5, 5.41) is 12.3. The van der Waals surface area contributed by atoms with E-state index in [1.165, 1.54) is 5.56 Å². The predicted octanol–water partition coefficient (Wildman–Crippen LogP) is 4.55. The number of benzene rings is 3. The summed E-state index contributed by atoms with van der Waals surface area (Å²) in [5.74, 6) is -0.287. The summed E-state index contributed by atoms with van der Waals surface area (Å²) in [5.41, 5.74) is 3.96. The first-order chi connectivity index (χ1) is 13.7. The van der Waals surface area contributed by atoms with Crippen LogP contribution in [0.3, 0.4) is 0 Å². The number of amides is 1. The van der Waals surface area contributed by atoms with Crippen molar-refractivity contribution in [3.8, 4) is 6.07 Å². The second-order valence-electron chi connectivity index (χ2n) is 6.59. The summed E-state index contributed by atoms with van der Waals surface area (Å²) in [7, 11) is 0. The van der Waals surface area contributed by atoms with Crippen LogP contribution in [0.1, 0.15) is 38.7 Å². The first-order valence-electron chi connectivity index (χ1n) is 9.15. The highest BCUT2D eigenvalue weighted by atomic mass is 16.5. The highest BCUT2D eigenvalue weighted by Gasteiger charge is 2.18. The van der Waals surface area contributed by atoms with E-state index >= 15 is 0 Å². The van der Waals surface area contributed by atoms with Gasteiger partial charge in [-0.2, -0.15) is 5.26 Å². The fourth-order valence-corrected chi connectivity index (χ4v) is 2.90. The minimum Gasteiger partial charge on any atom is -0.374 e. The Morgan fingerprint density at radius 3 is 2.39 bits per heavy atom. The molecule has 1 atom stereocenters. The summed E-state index contributed by atoms with van der Waals surface area (Å²) >= 11 is 0. The van der Waals surface area contributed by atoms with Crippen molar-refractivity contribution in [3.05, 3.63) is 107 Å². The van der Waals surface area contributed by atoms with Crippen LogP contribution in [0.5, 0.6) is 0 Å². The third-order valence-electron chi connectivity index (χ3n) is 4.47. The maximum atomic E-state index is 12.8. The minimum absolute atomic E-state index is 0.287. The van der Waals surface area contributed by atoms with E-state index in [1.807, 2.05) is 61.5 Å². The SMILES string of the molecule is Cc1ccc(COCC(NC(=O)c2ccccc2C#N)c2ccccc2)cc1. The molecule has 3 aromatic carbocycles. The first-order valence-corrected chi connectivity index (χ1v) is 9.15. The van der Waals surface area contributed by atoms with Crippen molar-refractivity contribution < 1.29 is 9.53 Å². The van der Waals surface area contributed by atoms with Gasteiger partial charge in [-0.1, -0.05) is 72.3 Å². The van der Waals surface area contributed by atoms with Gasteiger partial charge in [-0.25, -0.2) is 0 Å². The number of rotatable bonds is 7. The molecule has 0 spiro atoms. The van der Waals surface area contributed by atoms with E-state index in [1.54, 1.807) is 24.3 Å². The van der Waals surface area contributed by atoms with Crippen molar-refractivity contribution in [2.45, 2.75) is 19.6 Å². The molecule has 0 aromatic heterocycles. The molecule has 0 saturated carbocycles. The third-order valence-corrected chi connectivity index (χ3v) is 4.47. The molecule has 3 rings (SSSR count). The molecular weight excluding hydrogens is 348 g/mol. The molecule has 0 aliphatic heterocycles. The van der Waals surface area contributed by atoms with Crippen LogP contribution in [0.2, 0.25) is 0 Å². The van der Waals surface area contributed by atoms with Gasteiger partial charge in [-0.3, -0.25) is 4.79 Å². The number of hydrogen-bond donors (Lipinski definition) is 1. The smallest absolute Gasteiger partial charge is 0.253 e. The van der Waals surface area contributed by atoms with Gasteiger partial charge in [0.2, 0.25) is 0 Å². The van der Waals surface area contributed by atoms with Crippen LogP contribution in [0.25, 0.3) is 0 Å². The van der Waals surface area contributed by atoms with Gasteiger partial charge in [0.05, 0.1) is 36.5 Å². The standard InChI is InChI=1S/C24H22N2O2/c1-18-11-13-19(14-12-18)16-28-17-23(20-7-3-2-4-8-20)26-24(27)22-10-6-5-9-21(22)15-25/h2-14,23H,16-17H2,1H3,(H,26,27). The van der Waals surface area contributed by atoms with Crippen molar-refractivity contribution in [1.29, 1.82) is 5.26 Å². The van der Waals surface area contributed by atoms with Gasteiger partial charge in [-0.15, -0.1) is 0 Å². The zero-order valence-electron chi connectivity index (χ0n) is 15.8. The average Bonchev–Trinajstić information content (AvgIpc) is 2.75. The summed E-state index contributed by atoms with van der Waals surface area (Å²) in [6, 6.07) is 26.4. The zero-order chi connectivity index (χ0) is 19.8. The average molecular weight is 370 g/mol. The summed E-state index contributed by atoms with van der Waals surface area (Å²) < 4.78 is 5.89. The number of aryl methyl sites for hydroxylation is 1. The predicted molar refractivity (Wildman–Crippen MR) is 109 cm³/mol. The minimum atomic E-state index is -0.314. The molecule has 1 amide bonds. The Balaban J connectivity index is 1.71. The topological polar surface area (TPSA) is 62.1 Å². The Bertz CT molecular complexity index is 960. The largest absolute Gasteiger partial charge is 0.374 e. The van der Waals surface area contributed by atoms with Crippen molar-refractivity contribution in [3.63, 3.8) is 0 Å². The van der Waals surface area contributed by atoms with Gasteiger partial charge >= 0.3 is 0 Å². The fourth-order valence-electron chi connectivity index (χ4n) is 2.90. The van der Waals surface area contributed by atoms with Gasteiger partial charge in [-0.05, 0) is 30.2 Å². The molecule has 0 radical (unpaired) electrons. The molecule has 28 heavy (non-hydrogen) atoms. The molecule has 3 aromatic rings. The van der Waals surface area contributed by atoms with E-state index < -0.39 is 0 Å². The lowest BCUT2D eigenvalue weighted by Crippen LogP contribution is -2.32. The second kappa shape index (κ2) is 9.50. The van der Waals surface area contributed by atoms with Crippen molar-refractivity contribution in [1.82, 2.24) is 5.32 Å². The monoisotopic (exact) mass is 370 g/mol. The molecule has 0 bridgehead atoms. The lowest BCUT2D eigenvalue weighted by Gasteiger charge is -2.20. The van der Waals surface area contributed by atoms with Gasteiger partial charge in [0.1, 0.15) is 0 Å². The van der Waals surface area contributed by atoms with Crippen LogP contribution in [0.4, 0.5) is 0 Å². The van der Waals surface area contributed by atoms with E-state index in [0.717, 1.165) is 11.1 Å². The molecule has 0 saturated heterocycles. The Hall–Kier alpha value is -3.42. The van der Waals surface area contributed by atoms with E-state index in [9.17, 15) is 10.1 Å². The lowest BCUT2D eigenvalue weighted by molar-refractivity contribution is 0.0796.